The van der Waals surface area contributed by atoms with E-state index in [1.807, 2.05) is 25.2 Å². The molecule has 2 rings (SSSR count). The first-order valence-corrected chi connectivity index (χ1v) is 7.31. The van der Waals surface area contributed by atoms with E-state index in [0.717, 1.165) is 35.2 Å². The lowest BCUT2D eigenvalue weighted by Crippen LogP contribution is -2.08. The average Bonchev–Trinajstić information content (AvgIpc) is 2.85. The topological polar surface area (TPSA) is 47.0 Å². The van der Waals surface area contributed by atoms with Gasteiger partial charge in [0.05, 0.1) is 0 Å². The molecule has 0 atom stereocenters. The molecule has 1 N–H and O–H groups in total. The molecule has 0 radical (unpaired) electrons. The Balaban J connectivity index is 1.83. The molecule has 102 valence electrons. The van der Waals surface area contributed by atoms with Crippen molar-refractivity contribution in [3.05, 3.63) is 39.3 Å². The third-order valence-electron chi connectivity index (χ3n) is 2.48. The first kappa shape index (κ1) is 14.2. The van der Waals surface area contributed by atoms with Crippen LogP contribution < -0.4 is 10.1 Å². The molecule has 1 aromatic carbocycles. The van der Waals surface area contributed by atoms with E-state index in [0.29, 0.717) is 11.6 Å². The number of aryl methyl sites for hydroxylation is 1. The van der Waals surface area contributed by atoms with Crippen LogP contribution in [-0.4, -0.2) is 23.8 Å². The number of hydrogen-bond donors (Lipinski definition) is 1. The van der Waals surface area contributed by atoms with Crippen molar-refractivity contribution >= 4 is 22.9 Å². The van der Waals surface area contributed by atoms with Crippen LogP contribution in [0, 0.1) is 0 Å². The Bertz CT molecular complexity index is 518. The maximum Gasteiger partial charge on any atom is 0.155 e. The minimum absolute atomic E-state index is 0.435. The molecule has 0 aliphatic rings. The lowest BCUT2D eigenvalue weighted by atomic mass is 10.3. The highest BCUT2D eigenvalue weighted by Crippen LogP contribution is 2.19. The highest BCUT2D eigenvalue weighted by Gasteiger charge is 2.05. The van der Waals surface area contributed by atoms with Gasteiger partial charge in [0.25, 0.3) is 0 Å². The summed E-state index contributed by atoms with van der Waals surface area (Å²) in [6.45, 7) is 1.43. The van der Waals surface area contributed by atoms with Crippen LogP contribution in [0.5, 0.6) is 5.75 Å². The Morgan fingerprint density at radius 1 is 1.32 bits per heavy atom. The number of nitrogens with one attached hydrogen (secondary N) is 1. The smallest absolute Gasteiger partial charge is 0.155 e. The zero-order valence-corrected chi connectivity index (χ0v) is 12.3. The molecule has 0 aliphatic carbocycles. The van der Waals surface area contributed by atoms with E-state index < -0.39 is 0 Å². The second-order valence-corrected chi connectivity index (χ2v) is 5.63. The number of benzene rings is 1. The minimum Gasteiger partial charge on any atom is -0.486 e. The average molecular weight is 298 g/mol. The van der Waals surface area contributed by atoms with Gasteiger partial charge in [0.2, 0.25) is 0 Å². The van der Waals surface area contributed by atoms with Gasteiger partial charge in [-0.3, -0.25) is 0 Å². The van der Waals surface area contributed by atoms with Gasteiger partial charge < -0.3 is 10.1 Å². The third kappa shape index (κ3) is 4.78. The number of halogens is 1. The minimum atomic E-state index is 0.435. The number of aromatic nitrogens is 2. The molecule has 1 aromatic heterocycles. The van der Waals surface area contributed by atoms with Crippen LogP contribution in [0.2, 0.25) is 5.02 Å². The molecule has 1 heterocycles. The molecule has 0 fully saturated rings. The molecule has 2 aromatic rings. The Hall–Kier alpha value is -1.17. The summed E-state index contributed by atoms with van der Waals surface area (Å²) in [6.07, 6.45) is 2.02. The number of rotatable bonds is 7. The van der Waals surface area contributed by atoms with E-state index in [1.54, 1.807) is 17.4 Å². The second kappa shape index (κ2) is 7.43. The normalized spacial score (nSPS) is 10.6. The van der Waals surface area contributed by atoms with Crippen LogP contribution in [0.3, 0.4) is 0 Å². The van der Waals surface area contributed by atoms with Gasteiger partial charge in [0, 0.05) is 11.4 Å². The van der Waals surface area contributed by atoms with Gasteiger partial charge >= 0.3 is 0 Å². The van der Waals surface area contributed by atoms with Crippen LogP contribution in [0.4, 0.5) is 0 Å². The van der Waals surface area contributed by atoms with Gasteiger partial charge in [0.15, 0.2) is 5.01 Å². The highest BCUT2D eigenvalue weighted by molar-refractivity contribution is 7.11. The predicted octanol–water partition coefficient (Wildman–Crippen LogP) is 2.92. The van der Waals surface area contributed by atoms with Crippen LogP contribution >= 0.6 is 22.9 Å². The predicted molar refractivity (Wildman–Crippen MR) is 77.9 cm³/mol. The van der Waals surface area contributed by atoms with Crippen LogP contribution in [0.25, 0.3) is 0 Å². The molecule has 6 heteroatoms. The van der Waals surface area contributed by atoms with E-state index in [-0.39, 0.29) is 0 Å². The van der Waals surface area contributed by atoms with E-state index in [4.69, 9.17) is 16.3 Å². The molecular weight excluding hydrogens is 282 g/mol. The van der Waals surface area contributed by atoms with Crippen molar-refractivity contribution in [2.24, 2.45) is 0 Å². The first-order valence-electron chi connectivity index (χ1n) is 6.12. The van der Waals surface area contributed by atoms with Crippen molar-refractivity contribution in [1.29, 1.82) is 0 Å². The zero-order valence-electron chi connectivity index (χ0n) is 10.7. The SMILES string of the molecule is CNCCCc1nnc(COc2cccc(Cl)c2)s1. The van der Waals surface area contributed by atoms with E-state index >= 15 is 0 Å². The van der Waals surface area contributed by atoms with Gasteiger partial charge in [-0.05, 0) is 38.2 Å². The highest BCUT2D eigenvalue weighted by atomic mass is 35.5. The fourth-order valence-electron chi connectivity index (χ4n) is 1.57. The molecule has 0 spiro atoms. The molecule has 0 unspecified atom stereocenters. The summed E-state index contributed by atoms with van der Waals surface area (Å²) < 4.78 is 5.62. The lowest BCUT2D eigenvalue weighted by Gasteiger charge is -2.03. The summed E-state index contributed by atoms with van der Waals surface area (Å²) in [5, 5.41) is 14.0. The van der Waals surface area contributed by atoms with Crippen molar-refractivity contribution < 1.29 is 4.74 Å². The molecule has 0 amide bonds. The van der Waals surface area contributed by atoms with Crippen LogP contribution in [0.15, 0.2) is 24.3 Å². The van der Waals surface area contributed by atoms with E-state index in [2.05, 4.69) is 15.5 Å². The number of hydrogen-bond acceptors (Lipinski definition) is 5. The quantitative estimate of drug-likeness (QED) is 0.798. The van der Waals surface area contributed by atoms with Crippen molar-refractivity contribution in [2.75, 3.05) is 13.6 Å². The summed E-state index contributed by atoms with van der Waals surface area (Å²) in [6, 6.07) is 7.34. The fraction of sp³-hybridized carbons (Fsp3) is 0.385. The summed E-state index contributed by atoms with van der Waals surface area (Å²) in [4.78, 5) is 0. The van der Waals surface area contributed by atoms with Crippen molar-refractivity contribution in [2.45, 2.75) is 19.4 Å². The monoisotopic (exact) mass is 297 g/mol. The standard InChI is InChI=1S/C13H16ClN3OS/c1-15-7-3-6-12-16-17-13(19-12)9-18-11-5-2-4-10(14)8-11/h2,4-5,8,15H,3,6-7,9H2,1H3. The van der Waals surface area contributed by atoms with E-state index in [1.165, 1.54) is 0 Å². The van der Waals surface area contributed by atoms with Gasteiger partial charge in [-0.1, -0.05) is 29.0 Å². The van der Waals surface area contributed by atoms with Gasteiger partial charge in [0.1, 0.15) is 17.4 Å². The summed E-state index contributed by atoms with van der Waals surface area (Å²) in [5.74, 6) is 0.749. The molecule has 4 nitrogen and oxygen atoms in total. The molecule has 19 heavy (non-hydrogen) atoms. The summed E-state index contributed by atoms with van der Waals surface area (Å²) in [5.41, 5.74) is 0. The summed E-state index contributed by atoms with van der Waals surface area (Å²) in [7, 11) is 1.95. The molecule has 0 aliphatic heterocycles. The Labute approximate surface area is 121 Å². The Morgan fingerprint density at radius 3 is 2.95 bits per heavy atom. The van der Waals surface area contributed by atoms with E-state index in [9.17, 15) is 0 Å². The molecule has 0 bridgehead atoms. The third-order valence-corrected chi connectivity index (χ3v) is 3.68. The summed E-state index contributed by atoms with van der Waals surface area (Å²) >= 11 is 7.49. The van der Waals surface area contributed by atoms with Crippen molar-refractivity contribution in [3.8, 4) is 5.75 Å². The van der Waals surface area contributed by atoms with Crippen LogP contribution in [-0.2, 0) is 13.0 Å². The number of ether oxygens (including phenoxy) is 1. The van der Waals surface area contributed by atoms with Crippen LogP contribution in [0.1, 0.15) is 16.4 Å². The molecular formula is C13H16ClN3OS. The second-order valence-electron chi connectivity index (χ2n) is 4.04. The maximum absolute atomic E-state index is 5.89. The number of nitrogens with zero attached hydrogens (tertiary/aromatic N) is 2. The fourth-order valence-corrected chi connectivity index (χ4v) is 2.55. The maximum atomic E-state index is 5.89. The van der Waals surface area contributed by atoms with Gasteiger partial charge in [-0.25, -0.2) is 0 Å². The van der Waals surface area contributed by atoms with Gasteiger partial charge in [-0.2, -0.15) is 0 Å². The first-order chi connectivity index (χ1) is 9.28. The lowest BCUT2D eigenvalue weighted by molar-refractivity contribution is 0.304. The van der Waals surface area contributed by atoms with Gasteiger partial charge in [-0.15, -0.1) is 10.2 Å². The van der Waals surface area contributed by atoms with Crippen molar-refractivity contribution in [1.82, 2.24) is 15.5 Å². The zero-order chi connectivity index (χ0) is 13.5. The van der Waals surface area contributed by atoms with Crippen molar-refractivity contribution in [3.63, 3.8) is 0 Å². The Kier molecular flexibility index (Phi) is 5.57. The largest absolute Gasteiger partial charge is 0.486 e. The molecule has 0 saturated heterocycles. The Morgan fingerprint density at radius 2 is 2.16 bits per heavy atom. The molecule has 0 saturated carbocycles.